The van der Waals surface area contributed by atoms with E-state index in [9.17, 15) is 9.59 Å². The van der Waals surface area contributed by atoms with Gasteiger partial charge in [-0.3, -0.25) is 9.59 Å². The molecule has 7 nitrogen and oxygen atoms in total. The van der Waals surface area contributed by atoms with Crippen molar-refractivity contribution >= 4 is 10.9 Å². The fourth-order valence-corrected chi connectivity index (χ4v) is 2.82. The van der Waals surface area contributed by atoms with Crippen LogP contribution in [0.2, 0.25) is 0 Å². The van der Waals surface area contributed by atoms with Crippen LogP contribution >= 0.6 is 0 Å². The zero-order valence-corrected chi connectivity index (χ0v) is 13.7. The molecular formula is C18H17N3O4. The molecule has 0 bridgehead atoms. The standard InChI is InChI=1S/C18H17N3O4/c1-21-6-4-11(8-16(21)22)17-19-15-3-2-12(9-14(15)18(23)20-17)25-13-5-7-24-10-13/h2-4,6,8-9,13H,5,7,10H2,1H3,(H,19,20,23). The first-order valence-electron chi connectivity index (χ1n) is 8.06. The molecule has 0 amide bonds. The predicted octanol–water partition coefficient (Wildman–Crippen LogP) is 1.46. The highest BCUT2D eigenvalue weighted by Gasteiger charge is 2.17. The minimum Gasteiger partial charge on any atom is -0.488 e. The molecule has 1 unspecified atom stereocenters. The molecule has 1 N–H and O–H groups in total. The highest BCUT2D eigenvalue weighted by atomic mass is 16.5. The largest absolute Gasteiger partial charge is 0.488 e. The van der Waals surface area contributed by atoms with Crippen LogP contribution in [-0.2, 0) is 11.8 Å². The van der Waals surface area contributed by atoms with Gasteiger partial charge in [0.15, 0.2) is 0 Å². The number of nitrogens with one attached hydrogen (secondary N) is 1. The molecule has 1 aliphatic heterocycles. The number of aromatic nitrogens is 3. The molecule has 0 spiro atoms. The van der Waals surface area contributed by atoms with E-state index < -0.39 is 0 Å². The van der Waals surface area contributed by atoms with Crippen molar-refractivity contribution in [3.8, 4) is 17.1 Å². The second-order valence-electron chi connectivity index (χ2n) is 6.06. The highest BCUT2D eigenvalue weighted by molar-refractivity contribution is 5.80. The van der Waals surface area contributed by atoms with Gasteiger partial charge < -0.3 is 19.0 Å². The van der Waals surface area contributed by atoms with E-state index in [4.69, 9.17) is 9.47 Å². The van der Waals surface area contributed by atoms with Crippen molar-refractivity contribution in [3.63, 3.8) is 0 Å². The third kappa shape index (κ3) is 3.06. The second-order valence-corrected chi connectivity index (χ2v) is 6.06. The lowest BCUT2D eigenvalue weighted by Crippen LogP contribution is -2.17. The summed E-state index contributed by atoms with van der Waals surface area (Å²) in [5.41, 5.74) is 0.691. The molecule has 0 saturated carbocycles. The summed E-state index contributed by atoms with van der Waals surface area (Å²) in [6.45, 7) is 1.26. The normalized spacial score (nSPS) is 17.1. The van der Waals surface area contributed by atoms with Gasteiger partial charge in [0.05, 0.1) is 24.1 Å². The van der Waals surface area contributed by atoms with E-state index in [2.05, 4.69) is 9.97 Å². The van der Waals surface area contributed by atoms with Crippen molar-refractivity contribution in [2.75, 3.05) is 13.2 Å². The Kier molecular flexibility index (Phi) is 3.85. The van der Waals surface area contributed by atoms with Gasteiger partial charge in [-0.2, -0.15) is 0 Å². The van der Waals surface area contributed by atoms with Gasteiger partial charge in [0.2, 0.25) is 0 Å². The summed E-state index contributed by atoms with van der Waals surface area (Å²) in [5.74, 6) is 0.990. The predicted molar refractivity (Wildman–Crippen MR) is 92.9 cm³/mol. The van der Waals surface area contributed by atoms with Crippen LogP contribution < -0.4 is 15.9 Å². The molecule has 1 atom stereocenters. The van der Waals surface area contributed by atoms with Crippen LogP contribution in [0.15, 0.2) is 46.1 Å². The Bertz CT molecular complexity index is 1050. The van der Waals surface area contributed by atoms with Crippen LogP contribution in [0.4, 0.5) is 0 Å². The van der Waals surface area contributed by atoms with E-state index in [1.807, 2.05) is 0 Å². The maximum atomic E-state index is 12.5. The summed E-state index contributed by atoms with van der Waals surface area (Å²) in [6, 6.07) is 8.42. The van der Waals surface area contributed by atoms with Gasteiger partial charge in [0.1, 0.15) is 17.7 Å². The maximum absolute atomic E-state index is 12.5. The molecule has 1 saturated heterocycles. The van der Waals surface area contributed by atoms with Crippen LogP contribution in [0.5, 0.6) is 5.75 Å². The average Bonchev–Trinajstić information content (AvgIpc) is 3.11. The monoisotopic (exact) mass is 339 g/mol. The van der Waals surface area contributed by atoms with E-state index in [-0.39, 0.29) is 17.2 Å². The lowest BCUT2D eigenvalue weighted by molar-refractivity contribution is 0.141. The quantitative estimate of drug-likeness (QED) is 0.781. The second kappa shape index (κ2) is 6.18. The van der Waals surface area contributed by atoms with Crippen molar-refractivity contribution in [1.29, 1.82) is 0 Å². The Morgan fingerprint density at radius 2 is 2.16 bits per heavy atom. The number of fused-ring (bicyclic) bond motifs is 1. The van der Waals surface area contributed by atoms with Crippen LogP contribution in [0, 0.1) is 0 Å². The number of hydrogen-bond acceptors (Lipinski definition) is 5. The third-order valence-corrected chi connectivity index (χ3v) is 4.25. The Morgan fingerprint density at radius 3 is 2.92 bits per heavy atom. The molecule has 7 heteroatoms. The lowest BCUT2D eigenvalue weighted by Gasteiger charge is -2.12. The zero-order valence-electron chi connectivity index (χ0n) is 13.7. The fraction of sp³-hybridized carbons (Fsp3) is 0.278. The van der Waals surface area contributed by atoms with Crippen molar-refractivity contribution in [3.05, 3.63) is 57.2 Å². The molecule has 1 aliphatic rings. The van der Waals surface area contributed by atoms with Crippen LogP contribution in [0.25, 0.3) is 22.3 Å². The van der Waals surface area contributed by atoms with Gasteiger partial charge in [-0.05, 0) is 24.3 Å². The van der Waals surface area contributed by atoms with E-state index in [0.717, 1.165) is 6.42 Å². The summed E-state index contributed by atoms with van der Waals surface area (Å²) in [6.07, 6.45) is 2.50. The summed E-state index contributed by atoms with van der Waals surface area (Å²) in [7, 11) is 1.67. The first-order chi connectivity index (χ1) is 12.1. The lowest BCUT2D eigenvalue weighted by atomic mass is 10.2. The van der Waals surface area contributed by atoms with Gasteiger partial charge in [-0.25, -0.2) is 4.98 Å². The molecule has 25 heavy (non-hydrogen) atoms. The number of rotatable bonds is 3. The average molecular weight is 339 g/mol. The SMILES string of the molecule is Cn1ccc(-c2nc3ccc(OC4CCOC4)cc3c(=O)[nH]2)cc1=O. The Morgan fingerprint density at radius 1 is 1.28 bits per heavy atom. The molecule has 0 radical (unpaired) electrons. The molecule has 1 fully saturated rings. The molecule has 0 aliphatic carbocycles. The molecule has 3 heterocycles. The van der Waals surface area contributed by atoms with Crippen LogP contribution in [0.3, 0.4) is 0 Å². The number of pyridine rings is 1. The van der Waals surface area contributed by atoms with Crippen molar-refractivity contribution < 1.29 is 9.47 Å². The van der Waals surface area contributed by atoms with Crippen molar-refractivity contribution in [2.45, 2.75) is 12.5 Å². The van der Waals surface area contributed by atoms with E-state index in [0.29, 0.717) is 41.3 Å². The maximum Gasteiger partial charge on any atom is 0.259 e. The molecule has 128 valence electrons. The number of ether oxygens (including phenoxy) is 2. The fourth-order valence-electron chi connectivity index (χ4n) is 2.82. The van der Waals surface area contributed by atoms with Crippen LogP contribution in [-0.4, -0.2) is 33.9 Å². The van der Waals surface area contributed by atoms with Gasteiger partial charge >= 0.3 is 0 Å². The summed E-state index contributed by atoms with van der Waals surface area (Å²) < 4.78 is 12.6. The first kappa shape index (κ1) is 15.6. The minimum absolute atomic E-state index is 0.0179. The number of H-pyrrole nitrogens is 1. The summed E-state index contributed by atoms with van der Waals surface area (Å²) in [5, 5.41) is 0.448. The highest BCUT2D eigenvalue weighted by Crippen LogP contribution is 2.22. The molecular weight excluding hydrogens is 322 g/mol. The minimum atomic E-state index is -0.270. The zero-order chi connectivity index (χ0) is 17.4. The Balaban J connectivity index is 1.73. The van der Waals surface area contributed by atoms with Gasteiger partial charge in [-0.1, -0.05) is 0 Å². The smallest absolute Gasteiger partial charge is 0.259 e. The topological polar surface area (TPSA) is 86.2 Å². The number of benzene rings is 1. The van der Waals surface area contributed by atoms with E-state index in [1.165, 1.54) is 10.6 Å². The van der Waals surface area contributed by atoms with Gasteiger partial charge in [0.25, 0.3) is 11.1 Å². The molecule has 1 aromatic carbocycles. The van der Waals surface area contributed by atoms with Gasteiger partial charge in [0, 0.05) is 31.3 Å². The van der Waals surface area contributed by atoms with E-state index >= 15 is 0 Å². The van der Waals surface area contributed by atoms with Gasteiger partial charge in [-0.15, -0.1) is 0 Å². The Labute approximate surface area is 142 Å². The van der Waals surface area contributed by atoms with Crippen molar-refractivity contribution in [1.82, 2.24) is 14.5 Å². The number of aromatic amines is 1. The first-order valence-corrected chi connectivity index (χ1v) is 8.06. The molecule has 4 rings (SSSR count). The third-order valence-electron chi connectivity index (χ3n) is 4.25. The number of nitrogens with zero attached hydrogens (tertiary/aromatic N) is 2. The van der Waals surface area contributed by atoms with Crippen molar-refractivity contribution in [2.24, 2.45) is 7.05 Å². The molecule has 3 aromatic rings. The Hall–Kier alpha value is -2.93. The number of aryl methyl sites for hydroxylation is 1. The molecule has 2 aromatic heterocycles. The summed E-state index contributed by atoms with van der Waals surface area (Å²) >= 11 is 0. The van der Waals surface area contributed by atoms with Crippen LogP contribution in [0.1, 0.15) is 6.42 Å². The summed E-state index contributed by atoms with van der Waals surface area (Å²) in [4.78, 5) is 31.4. The van der Waals surface area contributed by atoms with E-state index in [1.54, 1.807) is 37.5 Å². The number of hydrogen-bond donors (Lipinski definition) is 1.